The molecule has 2 N–H and O–H groups in total. The molecule has 0 aliphatic carbocycles. The van der Waals surface area contributed by atoms with Crippen molar-refractivity contribution in [2.75, 3.05) is 18.5 Å². The van der Waals surface area contributed by atoms with E-state index >= 15 is 0 Å². The Hall–Kier alpha value is -3.03. The standard InChI is InChI=1S/C25H25N3O4/c29-22-20-19(13-15-7-2-1-3-8-15)27-25(17-10-4-5-11-18(17)26-24(25)31)21(20)23(30)28(22)14-16-9-6-12-32-16/h1-5,7-8,10-11,16,19-21,27H,6,9,12-14H2,(H,26,31)/t16?,19-,20-,21+,25+/m0/s1. The van der Waals surface area contributed by atoms with Crippen molar-refractivity contribution in [1.29, 1.82) is 0 Å². The second-order valence-corrected chi connectivity index (χ2v) is 9.17. The van der Waals surface area contributed by atoms with E-state index in [0.29, 0.717) is 18.7 Å². The van der Waals surface area contributed by atoms with Crippen molar-refractivity contribution in [2.45, 2.75) is 36.9 Å². The molecule has 3 amide bonds. The van der Waals surface area contributed by atoms with Gasteiger partial charge in [-0.05, 0) is 30.9 Å². The second-order valence-electron chi connectivity index (χ2n) is 9.17. The van der Waals surface area contributed by atoms with Gasteiger partial charge in [-0.2, -0.15) is 0 Å². The number of nitrogens with zero attached hydrogens (tertiary/aromatic N) is 1. The van der Waals surface area contributed by atoms with E-state index in [-0.39, 0.29) is 36.4 Å². The maximum absolute atomic E-state index is 13.7. The van der Waals surface area contributed by atoms with E-state index in [0.717, 1.165) is 24.0 Å². The highest BCUT2D eigenvalue weighted by atomic mass is 16.5. The quantitative estimate of drug-likeness (QED) is 0.722. The van der Waals surface area contributed by atoms with Crippen molar-refractivity contribution in [2.24, 2.45) is 11.8 Å². The van der Waals surface area contributed by atoms with Crippen LogP contribution in [0.4, 0.5) is 5.69 Å². The van der Waals surface area contributed by atoms with Crippen LogP contribution in [0.15, 0.2) is 54.6 Å². The number of carbonyl (C=O) groups excluding carboxylic acids is 3. The molecular weight excluding hydrogens is 406 g/mol. The highest BCUT2D eigenvalue weighted by Gasteiger charge is 2.70. The molecule has 7 nitrogen and oxygen atoms in total. The largest absolute Gasteiger partial charge is 0.376 e. The van der Waals surface area contributed by atoms with E-state index in [1.54, 1.807) is 0 Å². The minimum atomic E-state index is -1.24. The molecule has 1 unspecified atom stereocenters. The van der Waals surface area contributed by atoms with Crippen LogP contribution in [0.25, 0.3) is 0 Å². The van der Waals surface area contributed by atoms with Gasteiger partial charge in [0.15, 0.2) is 0 Å². The summed E-state index contributed by atoms with van der Waals surface area (Å²) in [5.41, 5.74) is 1.27. The van der Waals surface area contributed by atoms with Crippen LogP contribution in [-0.4, -0.2) is 47.9 Å². The summed E-state index contributed by atoms with van der Waals surface area (Å²) < 4.78 is 5.71. The molecule has 0 radical (unpaired) electrons. The molecule has 0 bridgehead atoms. The Morgan fingerprint density at radius 2 is 1.78 bits per heavy atom. The lowest BCUT2D eigenvalue weighted by Crippen LogP contribution is -2.54. The number of para-hydroxylation sites is 1. The van der Waals surface area contributed by atoms with Crippen molar-refractivity contribution < 1.29 is 19.1 Å². The topological polar surface area (TPSA) is 87.7 Å². The predicted molar refractivity (Wildman–Crippen MR) is 116 cm³/mol. The first-order valence-corrected chi connectivity index (χ1v) is 11.3. The van der Waals surface area contributed by atoms with E-state index in [9.17, 15) is 14.4 Å². The van der Waals surface area contributed by atoms with Crippen LogP contribution >= 0.6 is 0 Å². The molecule has 4 aliphatic heterocycles. The summed E-state index contributed by atoms with van der Waals surface area (Å²) in [5, 5.41) is 6.43. The molecular formula is C25H25N3O4. The first kappa shape index (κ1) is 19.6. The van der Waals surface area contributed by atoms with E-state index < -0.39 is 17.4 Å². The van der Waals surface area contributed by atoms with Gasteiger partial charge < -0.3 is 10.1 Å². The number of fused-ring (bicyclic) bond motifs is 4. The monoisotopic (exact) mass is 431 g/mol. The third-order valence-corrected chi connectivity index (χ3v) is 7.42. The van der Waals surface area contributed by atoms with Crippen molar-refractivity contribution in [1.82, 2.24) is 10.2 Å². The average molecular weight is 431 g/mol. The fraction of sp³-hybridized carbons (Fsp3) is 0.400. The van der Waals surface area contributed by atoms with Gasteiger partial charge in [-0.1, -0.05) is 48.5 Å². The smallest absolute Gasteiger partial charge is 0.250 e. The van der Waals surface area contributed by atoms with Gasteiger partial charge in [0.25, 0.3) is 0 Å². The number of benzene rings is 2. The van der Waals surface area contributed by atoms with E-state index in [2.05, 4.69) is 10.6 Å². The first-order chi connectivity index (χ1) is 15.6. The van der Waals surface area contributed by atoms with Crippen LogP contribution in [-0.2, 0) is 31.1 Å². The summed E-state index contributed by atoms with van der Waals surface area (Å²) in [6.45, 7) is 0.924. The minimum absolute atomic E-state index is 0.122. The van der Waals surface area contributed by atoms with Gasteiger partial charge in [0.05, 0.1) is 24.5 Å². The number of amides is 3. The number of carbonyl (C=O) groups is 3. The number of hydrogen-bond acceptors (Lipinski definition) is 5. The molecule has 2 aromatic rings. The van der Waals surface area contributed by atoms with Crippen LogP contribution < -0.4 is 10.6 Å². The van der Waals surface area contributed by atoms with Crippen LogP contribution in [0.1, 0.15) is 24.0 Å². The Morgan fingerprint density at radius 3 is 2.56 bits per heavy atom. The Labute approximate surface area is 186 Å². The van der Waals surface area contributed by atoms with Crippen LogP contribution in [0, 0.1) is 11.8 Å². The maximum Gasteiger partial charge on any atom is 0.250 e. The SMILES string of the molecule is O=C1[C@H]2[C@H](Cc3ccccc3)N[C@@]3(C(=O)Nc4ccccc43)[C@H]2C(=O)N1CC1CCCO1. The molecule has 32 heavy (non-hydrogen) atoms. The van der Waals surface area contributed by atoms with Crippen molar-refractivity contribution in [3.8, 4) is 0 Å². The molecule has 2 aromatic carbocycles. The summed E-state index contributed by atoms with van der Waals surface area (Å²) >= 11 is 0. The summed E-state index contributed by atoms with van der Waals surface area (Å²) in [7, 11) is 0. The molecule has 5 atom stereocenters. The number of nitrogens with one attached hydrogen (secondary N) is 2. The predicted octanol–water partition coefficient (Wildman–Crippen LogP) is 1.83. The van der Waals surface area contributed by atoms with E-state index in [4.69, 9.17) is 4.74 Å². The molecule has 0 saturated carbocycles. The van der Waals surface area contributed by atoms with Crippen molar-refractivity contribution in [3.63, 3.8) is 0 Å². The molecule has 4 aliphatic rings. The lowest BCUT2D eigenvalue weighted by molar-refractivity contribution is -0.144. The van der Waals surface area contributed by atoms with E-state index in [1.807, 2.05) is 54.6 Å². The number of anilines is 1. The number of likely N-dealkylation sites (tertiary alicyclic amines) is 1. The Bertz CT molecular complexity index is 1100. The highest BCUT2D eigenvalue weighted by Crippen LogP contribution is 2.53. The molecule has 164 valence electrons. The van der Waals surface area contributed by atoms with Gasteiger partial charge in [-0.3, -0.25) is 24.6 Å². The molecule has 1 spiro atoms. The fourth-order valence-corrected chi connectivity index (χ4v) is 6.03. The molecule has 0 aromatic heterocycles. The molecule has 7 heteroatoms. The highest BCUT2D eigenvalue weighted by molar-refractivity contribution is 6.15. The zero-order valence-electron chi connectivity index (χ0n) is 17.6. The summed E-state index contributed by atoms with van der Waals surface area (Å²) in [6, 6.07) is 17.0. The number of hydrogen-bond donors (Lipinski definition) is 2. The van der Waals surface area contributed by atoms with Crippen LogP contribution in [0.3, 0.4) is 0 Å². The summed E-state index contributed by atoms with van der Waals surface area (Å²) in [5.74, 6) is -2.09. The summed E-state index contributed by atoms with van der Waals surface area (Å²) in [6.07, 6.45) is 2.22. The Balaban J connectivity index is 1.43. The fourth-order valence-electron chi connectivity index (χ4n) is 6.03. The molecule has 3 fully saturated rings. The minimum Gasteiger partial charge on any atom is -0.376 e. The van der Waals surface area contributed by atoms with Gasteiger partial charge in [0, 0.05) is 23.9 Å². The van der Waals surface area contributed by atoms with Gasteiger partial charge in [-0.15, -0.1) is 0 Å². The van der Waals surface area contributed by atoms with Crippen molar-refractivity contribution in [3.05, 3.63) is 65.7 Å². The van der Waals surface area contributed by atoms with Gasteiger partial charge >= 0.3 is 0 Å². The first-order valence-electron chi connectivity index (χ1n) is 11.3. The maximum atomic E-state index is 13.7. The van der Waals surface area contributed by atoms with Crippen molar-refractivity contribution >= 4 is 23.4 Å². The number of ether oxygens (including phenoxy) is 1. The average Bonchev–Trinajstić information content (AvgIpc) is 3.54. The lowest BCUT2D eigenvalue weighted by Gasteiger charge is -2.30. The van der Waals surface area contributed by atoms with Gasteiger partial charge in [0.1, 0.15) is 5.54 Å². The normalized spacial score (nSPS) is 33.1. The number of imide groups is 1. The molecule has 3 saturated heterocycles. The third kappa shape index (κ3) is 2.71. The second kappa shape index (κ2) is 7.25. The van der Waals surface area contributed by atoms with Crippen LogP contribution in [0.2, 0.25) is 0 Å². The Kier molecular flexibility index (Phi) is 4.45. The van der Waals surface area contributed by atoms with Gasteiger partial charge in [-0.25, -0.2) is 0 Å². The third-order valence-electron chi connectivity index (χ3n) is 7.42. The number of rotatable bonds is 4. The lowest BCUT2D eigenvalue weighted by atomic mass is 9.76. The zero-order chi connectivity index (χ0) is 21.9. The van der Waals surface area contributed by atoms with Crippen LogP contribution in [0.5, 0.6) is 0 Å². The zero-order valence-corrected chi connectivity index (χ0v) is 17.6. The van der Waals surface area contributed by atoms with Gasteiger partial charge in [0.2, 0.25) is 17.7 Å². The summed E-state index contributed by atoms with van der Waals surface area (Å²) in [4.78, 5) is 42.1. The Morgan fingerprint density at radius 1 is 1.00 bits per heavy atom. The molecule has 6 rings (SSSR count). The molecule has 4 heterocycles. The van der Waals surface area contributed by atoms with E-state index in [1.165, 1.54) is 4.90 Å².